The molecule has 0 unspecified atom stereocenters. The highest BCUT2D eigenvalue weighted by Gasteiger charge is 2.33. The second-order valence-electron chi connectivity index (χ2n) is 5.55. The molecule has 2 aliphatic rings. The van der Waals surface area contributed by atoms with Crippen LogP contribution in [-0.4, -0.2) is 36.5 Å². The molecule has 86 valence electrons. The number of nitrogens with one attached hydrogen (secondary N) is 1. The van der Waals surface area contributed by atoms with Crippen LogP contribution in [0, 0.1) is 5.41 Å². The number of hydrogen-bond acceptors (Lipinski definition) is 1. The summed E-state index contributed by atoms with van der Waals surface area (Å²) < 4.78 is 0. The van der Waals surface area contributed by atoms with E-state index in [-0.39, 0.29) is 0 Å². The van der Waals surface area contributed by atoms with Crippen LogP contribution in [-0.2, 0) is 0 Å². The predicted molar refractivity (Wildman–Crippen MR) is 64.1 cm³/mol. The van der Waals surface area contributed by atoms with Gasteiger partial charge in [0.05, 0.1) is 0 Å². The van der Waals surface area contributed by atoms with Gasteiger partial charge in [-0.25, -0.2) is 0 Å². The fourth-order valence-electron chi connectivity index (χ4n) is 2.09. The summed E-state index contributed by atoms with van der Waals surface area (Å²) in [5.74, 6) is 1.14. The monoisotopic (exact) mass is 209 g/mol. The summed E-state index contributed by atoms with van der Waals surface area (Å²) in [6.07, 6.45) is 3.92. The average Bonchev–Trinajstić information content (AvgIpc) is 2.89. The highest BCUT2D eigenvalue weighted by Crippen LogP contribution is 2.29. The average molecular weight is 209 g/mol. The van der Waals surface area contributed by atoms with Crippen molar-refractivity contribution in [3.63, 3.8) is 0 Å². The summed E-state index contributed by atoms with van der Waals surface area (Å²) in [6, 6.07) is 0.707. The van der Waals surface area contributed by atoms with Crippen molar-refractivity contribution in [3.8, 4) is 0 Å². The van der Waals surface area contributed by atoms with E-state index in [1.54, 1.807) is 0 Å². The van der Waals surface area contributed by atoms with Gasteiger partial charge in [0.1, 0.15) is 0 Å². The summed E-state index contributed by atoms with van der Waals surface area (Å²) in [5, 5.41) is 3.55. The molecule has 0 spiro atoms. The van der Waals surface area contributed by atoms with Crippen LogP contribution >= 0.6 is 0 Å². The molecule has 1 heterocycles. The Morgan fingerprint density at radius 1 is 1.47 bits per heavy atom. The first kappa shape index (κ1) is 10.8. The van der Waals surface area contributed by atoms with E-state index in [1.807, 2.05) is 0 Å². The van der Waals surface area contributed by atoms with E-state index >= 15 is 0 Å². The standard InChI is InChI=1S/C12H23N3/c1-4-13-11(14-10-5-6-10)15-8-7-12(2,3)9-15/h10H,4-9H2,1-3H3,(H,13,14). The zero-order valence-corrected chi connectivity index (χ0v) is 10.2. The molecule has 0 aromatic carbocycles. The maximum atomic E-state index is 4.58. The van der Waals surface area contributed by atoms with Crippen LogP contribution in [0.3, 0.4) is 0 Å². The Morgan fingerprint density at radius 3 is 2.67 bits per heavy atom. The molecule has 0 radical (unpaired) electrons. The summed E-state index contributed by atoms with van der Waals surface area (Å²) in [6.45, 7) is 9.97. The second-order valence-corrected chi connectivity index (χ2v) is 5.55. The summed E-state index contributed by atoms with van der Waals surface area (Å²) in [4.78, 5) is 7.00. The molecule has 3 heteroatoms. The zero-order valence-electron chi connectivity index (χ0n) is 10.2. The molecule has 0 amide bonds. The van der Waals surface area contributed by atoms with Gasteiger partial charge >= 0.3 is 0 Å². The lowest BCUT2D eigenvalue weighted by atomic mass is 9.93. The van der Waals surface area contributed by atoms with Gasteiger partial charge in [-0.2, -0.15) is 0 Å². The maximum Gasteiger partial charge on any atom is 0.194 e. The van der Waals surface area contributed by atoms with E-state index in [2.05, 4.69) is 36.0 Å². The molecule has 1 saturated carbocycles. The molecule has 0 aromatic heterocycles. The van der Waals surface area contributed by atoms with Crippen molar-refractivity contribution < 1.29 is 0 Å². The van der Waals surface area contributed by atoms with Crippen LogP contribution in [0.5, 0.6) is 0 Å². The van der Waals surface area contributed by atoms with E-state index < -0.39 is 0 Å². The third kappa shape index (κ3) is 2.86. The first-order valence-corrected chi connectivity index (χ1v) is 6.17. The van der Waals surface area contributed by atoms with Crippen LogP contribution in [0.2, 0.25) is 0 Å². The molecule has 2 fully saturated rings. The van der Waals surface area contributed by atoms with E-state index in [9.17, 15) is 0 Å². The van der Waals surface area contributed by atoms with Gasteiger partial charge < -0.3 is 10.2 Å². The number of rotatable bonds is 2. The molecule has 1 N–H and O–H groups in total. The van der Waals surface area contributed by atoms with Gasteiger partial charge in [0.2, 0.25) is 0 Å². The van der Waals surface area contributed by atoms with Crippen LogP contribution in [0.4, 0.5) is 0 Å². The number of nitrogens with zero attached hydrogens (tertiary/aromatic N) is 2. The SMILES string of the molecule is CCN=C(NC1CC1)N1CCC(C)(C)C1. The Morgan fingerprint density at radius 2 is 2.20 bits per heavy atom. The molecule has 15 heavy (non-hydrogen) atoms. The van der Waals surface area contributed by atoms with E-state index in [4.69, 9.17) is 0 Å². The minimum Gasteiger partial charge on any atom is -0.354 e. The van der Waals surface area contributed by atoms with Crippen molar-refractivity contribution in [1.82, 2.24) is 10.2 Å². The Bertz CT molecular complexity index is 254. The second kappa shape index (κ2) is 4.03. The van der Waals surface area contributed by atoms with E-state index in [0.29, 0.717) is 11.5 Å². The van der Waals surface area contributed by atoms with Gasteiger partial charge in [-0.05, 0) is 31.6 Å². The lowest BCUT2D eigenvalue weighted by molar-refractivity contribution is 0.369. The lowest BCUT2D eigenvalue weighted by Gasteiger charge is -2.23. The first-order chi connectivity index (χ1) is 7.11. The Labute approximate surface area is 92.9 Å². The molecular weight excluding hydrogens is 186 g/mol. The first-order valence-electron chi connectivity index (χ1n) is 6.17. The molecule has 1 aliphatic carbocycles. The van der Waals surface area contributed by atoms with Crippen LogP contribution in [0.1, 0.15) is 40.0 Å². The van der Waals surface area contributed by atoms with Gasteiger partial charge in [-0.3, -0.25) is 4.99 Å². The van der Waals surface area contributed by atoms with Crippen molar-refractivity contribution in [2.75, 3.05) is 19.6 Å². The van der Waals surface area contributed by atoms with Crippen molar-refractivity contribution in [2.24, 2.45) is 10.4 Å². The van der Waals surface area contributed by atoms with Gasteiger partial charge in [0.25, 0.3) is 0 Å². The molecular formula is C12H23N3. The Hall–Kier alpha value is -0.730. The minimum atomic E-state index is 0.458. The number of aliphatic imine (C=N–C) groups is 1. The molecule has 1 saturated heterocycles. The molecule has 0 bridgehead atoms. The van der Waals surface area contributed by atoms with Crippen molar-refractivity contribution in [1.29, 1.82) is 0 Å². The van der Waals surface area contributed by atoms with Gasteiger partial charge in [0.15, 0.2) is 5.96 Å². The van der Waals surface area contributed by atoms with Crippen LogP contribution in [0.25, 0.3) is 0 Å². The van der Waals surface area contributed by atoms with E-state index in [0.717, 1.165) is 25.6 Å². The van der Waals surface area contributed by atoms with Gasteiger partial charge in [0, 0.05) is 25.7 Å². The Balaban J connectivity index is 1.95. The smallest absolute Gasteiger partial charge is 0.194 e. The number of likely N-dealkylation sites (tertiary alicyclic amines) is 1. The van der Waals surface area contributed by atoms with Crippen LogP contribution < -0.4 is 5.32 Å². The molecule has 2 rings (SSSR count). The third-order valence-corrected chi connectivity index (χ3v) is 3.20. The Kier molecular flexibility index (Phi) is 2.89. The summed E-state index contributed by atoms with van der Waals surface area (Å²) in [5.41, 5.74) is 0.458. The molecule has 3 nitrogen and oxygen atoms in total. The van der Waals surface area contributed by atoms with Crippen molar-refractivity contribution in [2.45, 2.75) is 46.1 Å². The van der Waals surface area contributed by atoms with Crippen molar-refractivity contribution >= 4 is 5.96 Å². The van der Waals surface area contributed by atoms with Crippen LogP contribution in [0.15, 0.2) is 4.99 Å². The number of guanidine groups is 1. The van der Waals surface area contributed by atoms with Crippen molar-refractivity contribution in [3.05, 3.63) is 0 Å². The fraction of sp³-hybridized carbons (Fsp3) is 0.917. The lowest BCUT2D eigenvalue weighted by Crippen LogP contribution is -2.41. The van der Waals surface area contributed by atoms with E-state index in [1.165, 1.54) is 19.3 Å². The van der Waals surface area contributed by atoms with Gasteiger partial charge in [-0.1, -0.05) is 13.8 Å². The largest absolute Gasteiger partial charge is 0.354 e. The number of hydrogen-bond donors (Lipinski definition) is 1. The molecule has 0 aromatic rings. The minimum absolute atomic E-state index is 0.458. The third-order valence-electron chi connectivity index (χ3n) is 3.20. The normalized spacial score (nSPS) is 25.8. The summed E-state index contributed by atoms with van der Waals surface area (Å²) in [7, 11) is 0. The quantitative estimate of drug-likeness (QED) is 0.555. The summed E-state index contributed by atoms with van der Waals surface area (Å²) >= 11 is 0. The maximum absolute atomic E-state index is 4.58. The fourth-order valence-corrected chi connectivity index (χ4v) is 2.09. The topological polar surface area (TPSA) is 27.6 Å². The molecule has 1 aliphatic heterocycles. The highest BCUT2D eigenvalue weighted by atomic mass is 15.3. The van der Waals surface area contributed by atoms with Gasteiger partial charge in [-0.15, -0.1) is 0 Å². The highest BCUT2D eigenvalue weighted by molar-refractivity contribution is 5.81. The predicted octanol–water partition coefficient (Wildman–Crippen LogP) is 1.85. The zero-order chi connectivity index (χ0) is 10.9. The molecule has 0 atom stereocenters.